The zero-order chi connectivity index (χ0) is 18.3. The van der Waals surface area contributed by atoms with Gasteiger partial charge in [-0.15, -0.1) is 0 Å². The van der Waals surface area contributed by atoms with Gasteiger partial charge in [0, 0.05) is 18.2 Å². The van der Waals surface area contributed by atoms with Crippen molar-refractivity contribution in [1.29, 1.82) is 0 Å². The molecule has 2 rings (SSSR count). The highest BCUT2D eigenvalue weighted by Crippen LogP contribution is 2.42. The number of rotatable bonds is 3. The molecule has 0 unspecified atom stereocenters. The maximum atomic E-state index is 12.6. The molecule has 0 spiro atoms. The van der Waals surface area contributed by atoms with Gasteiger partial charge in [0.1, 0.15) is 5.75 Å². The van der Waals surface area contributed by atoms with Gasteiger partial charge in [0.05, 0.1) is 0 Å². The number of anilines is 1. The SMILES string of the molecule is CC(=O)O[C@H]1c2cc(O)ccc2NC(=O)[C@@H]1O[Si](C)(C)C(C)(C)C. The molecule has 1 aromatic rings. The Balaban J connectivity index is 2.45. The van der Waals surface area contributed by atoms with E-state index in [1.54, 1.807) is 6.07 Å². The second-order valence-corrected chi connectivity index (χ2v) is 12.3. The first kappa shape index (κ1) is 18.5. The van der Waals surface area contributed by atoms with Crippen molar-refractivity contribution >= 4 is 25.9 Å². The molecule has 1 amide bonds. The fraction of sp³-hybridized carbons (Fsp3) is 0.529. The van der Waals surface area contributed by atoms with Crippen LogP contribution in [0.3, 0.4) is 0 Å². The lowest BCUT2D eigenvalue weighted by Gasteiger charge is -2.42. The number of hydrogen-bond acceptors (Lipinski definition) is 5. The summed E-state index contributed by atoms with van der Waals surface area (Å²) < 4.78 is 11.6. The highest BCUT2D eigenvalue weighted by Gasteiger charge is 2.46. The van der Waals surface area contributed by atoms with Crippen molar-refractivity contribution in [2.75, 3.05) is 5.32 Å². The van der Waals surface area contributed by atoms with Crippen molar-refractivity contribution in [3.05, 3.63) is 23.8 Å². The van der Waals surface area contributed by atoms with Crippen molar-refractivity contribution in [3.63, 3.8) is 0 Å². The number of nitrogens with one attached hydrogen (secondary N) is 1. The van der Waals surface area contributed by atoms with Crippen LogP contribution in [0, 0.1) is 0 Å². The highest BCUT2D eigenvalue weighted by atomic mass is 28.4. The van der Waals surface area contributed by atoms with Gasteiger partial charge in [0.2, 0.25) is 0 Å². The van der Waals surface area contributed by atoms with E-state index in [-0.39, 0.29) is 16.7 Å². The van der Waals surface area contributed by atoms with Crippen molar-refractivity contribution in [3.8, 4) is 5.75 Å². The van der Waals surface area contributed by atoms with Crippen molar-refractivity contribution < 1.29 is 23.9 Å². The van der Waals surface area contributed by atoms with E-state index in [4.69, 9.17) is 9.16 Å². The van der Waals surface area contributed by atoms with Crippen LogP contribution in [0.5, 0.6) is 5.75 Å². The van der Waals surface area contributed by atoms with Crippen molar-refractivity contribution in [2.45, 2.75) is 58.0 Å². The Hall–Kier alpha value is -1.86. The third-order valence-corrected chi connectivity index (χ3v) is 9.11. The van der Waals surface area contributed by atoms with Gasteiger partial charge in [0.15, 0.2) is 20.5 Å². The van der Waals surface area contributed by atoms with Crippen LogP contribution >= 0.6 is 0 Å². The molecule has 0 radical (unpaired) electrons. The summed E-state index contributed by atoms with van der Waals surface area (Å²) in [4.78, 5) is 24.1. The minimum absolute atomic E-state index is 0.0353. The molecule has 0 bridgehead atoms. The summed E-state index contributed by atoms with van der Waals surface area (Å²) in [6, 6.07) is 4.55. The fourth-order valence-corrected chi connectivity index (χ4v) is 3.54. The van der Waals surface area contributed by atoms with E-state index in [1.807, 2.05) is 13.1 Å². The number of phenols is 1. The predicted molar refractivity (Wildman–Crippen MR) is 93.3 cm³/mol. The number of benzene rings is 1. The van der Waals surface area contributed by atoms with Crippen LogP contribution in [0.1, 0.15) is 39.4 Å². The second-order valence-electron chi connectivity index (χ2n) is 7.59. The quantitative estimate of drug-likeness (QED) is 0.496. The molecule has 0 fully saturated rings. The molecule has 2 atom stereocenters. The van der Waals surface area contributed by atoms with Crippen LogP contribution in [0.4, 0.5) is 5.69 Å². The molecule has 2 N–H and O–H groups in total. The van der Waals surface area contributed by atoms with E-state index in [0.29, 0.717) is 11.3 Å². The number of aromatic hydroxyl groups is 1. The Labute approximate surface area is 143 Å². The molecule has 1 aliphatic rings. The summed E-state index contributed by atoms with van der Waals surface area (Å²) in [5, 5.41) is 12.4. The molecule has 0 saturated heterocycles. The number of fused-ring (bicyclic) bond motifs is 1. The topological polar surface area (TPSA) is 84.9 Å². The molecule has 1 aromatic carbocycles. The van der Waals surface area contributed by atoms with Crippen LogP contribution in [-0.2, 0) is 18.8 Å². The van der Waals surface area contributed by atoms with Gasteiger partial charge in [-0.1, -0.05) is 20.8 Å². The standard InChI is InChI=1S/C17H25NO5Si/c1-10(19)22-14-12-9-11(20)7-8-13(12)18-16(21)15(14)23-24(5,6)17(2,3)4/h7-9,14-15,20H,1-6H3,(H,18,21)/t14-,15+/m0/s1. The van der Waals surface area contributed by atoms with E-state index in [0.717, 1.165) is 0 Å². The van der Waals surface area contributed by atoms with E-state index >= 15 is 0 Å². The van der Waals surface area contributed by atoms with Crippen molar-refractivity contribution in [2.24, 2.45) is 0 Å². The number of hydrogen-bond donors (Lipinski definition) is 2. The number of carbonyl (C=O) groups is 2. The summed E-state index contributed by atoms with van der Waals surface area (Å²) in [6.07, 6.45) is -1.82. The average Bonchev–Trinajstić information content (AvgIpc) is 2.42. The van der Waals surface area contributed by atoms with Gasteiger partial charge >= 0.3 is 5.97 Å². The molecule has 24 heavy (non-hydrogen) atoms. The normalized spacial score (nSPS) is 21.0. The minimum Gasteiger partial charge on any atom is -0.508 e. The van der Waals surface area contributed by atoms with Crippen LogP contribution in [0.15, 0.2) is 18.2 Å². The molecule has 0 aromatic heterocycles. The molecule has 6 nitrogen and oxygen atoms in total. The first-order chi connectivity index (χ1) is 10.9. The lowest BCUT2D eigenvalue weighted by molar-refractivity contribution is -0.155. The molecule has 1 heterocycles. The molecular weight excluding hydrogens is 326 g/mol. The molecular formula is C17H25NO5Si. The van der Waals surface area contributed by atoms with Crippen LogP contribution < -0.4 is 5.32 Å². The maximum Gasteiger partial charge on any atom is 0.303 e. The first-order valence-electron chi connectivity index (χ1n) is 7.91. The summed E-state index contributed by atoms with van der Waals surface area (Å²) >= 11 is 0. The Morgan fingerprint density at radius 1 is 1.25 bits per heavy atom. The number of phenolic OH excluding ortho intramolecular Hbond substituents is 1. The summed E-state index contributed by atoms with van der Waals surface area (Å²) in [5.74, 6) is -0.815. The van der Waals surface area contributed by atoms with Gasteiger partial charge in [-0.05, 0) is 36.3 Å². The van der Waals surface area contributed by atoms with E-state index in [1.165, 1.54) is 19.1 Å². The lowest BCUT2D eigenvalue weighted by atomic mass is 9.97. The highest BCUT2D eigenvalue weighted by molar-refractivity contribution is 6.74. The van der Waals surface area contributed by atoms with Gasteiger partial charge in [-0.2, -0.15) is 0 Å². The number of esters is 1. The molecule has 1 aliphatic heterocycles. The molecule has 7 heteroatoms. The van der Waals surface area contributed by atoms with Gasteiger partial charge in [-0.3, -0.25) is 9.59 Å². The smallest absolute Gasteiger partial charge is 0.303 e. The number of amides is 1. The van der Waals surface area contributed by atoms with E-state index < -0.39 is 26.5 Å². The molecule has 0 aliphatic carbocycles. The Kier molecular flexibility index (Phi) is 4.78. The summed E-state index contributed by atoms with van der Waals surface area (Å²) in [7, 11) is -2.28. The molecule has 0 saturated carbocycles. The van der Waals surface area contributed by atoms with Crippen LogP contribution in [0.2, 0.25) is 18.1 Å². The van der Waals surface area contributed by atoms with E-state index in [2.05, 4.69) is 26.1 Å². The third-order valence-electron chi connectivity index (χ3n) is 4.65. The van der Waals surface area contributed by atoms with Gasteiger partial charge in [0.25, 0.3) is 5.91 Å². The first-order valence-corrected chi connectivity index (χ1v) is 10.8. The Morgan fingerprint density at radius 2 is 1.88 bits per heavy atom. The van der Waals surface area contributed by atoms with Crippen molar-refractivity contribution in [1.82, 2.24) is 0 Å². The second kappa shape index (κ2) is 6.21. The third kappa shape index (κ3) is 3.62. The van der Waals surface area contributed by atoms with Crippen LogP contribution in [-0.4, -0.2) is 31.4 Å². The summed E-state index contributed by atoms with van der Waals surface area (Å²) in [6.45, 7) is 11.6. The number of carbonyl (C=O) groups excluding carboxylic acids is 2. The Morgan fingerprint density at radius 3 is 2.42 bits per heavy atom. The van der Waals surface area contributed by atoms with Crippen LogP contribution in [0.25, 0.3) is 0 Å². The lowest BCUT2D eigenvalue weighted by Crippen LogP contribution is -2.51. The zero-order valence-corrected chi connectivity index (χ0v) is 16.0. The predicted octanol–water partition coefficient (Wildman–Crippen LogP) is 3.34. The monoisotopic (exact) mass is 351 g/mol. The summed E-state index contributed by atoms with van der Waals surface area (Å²) in [5.41, 5.74) is 1.05. The minimum atomic E-state index is -2.28. The fourth-order valence-electron chi connectivity index (χ4n) is 2.32. The van der Waals surface area contributed by atoms with E-state index in [9.17, 15) is 14.7 Å². The number of ether oxygens (including phenoxy) is 1. The zero-order valence-electron chi connectivity index (χ0n) is 15.0. The molecule has 132 valence electrons. The Bertz CT molecular complexity index is 665. The van der Waals surface area contributed by atoms with Gasteiger partial charge in [-0.25, -0.2) is 0 Å². The maximum absolute atomic E-state index is 12.6. The average molecular weight is 351 g/mol. The largest absolute Gasteiger partial charge is 0.508 e. The van der Waals surface area contributed by atoms with Gasteiger partial charge < -0.3 is 19.6 Å².